The molecule has 0 atom stereocenters. The molecule has 0 aliphatic heterocycles. The predicted octanol–water partition coefficient (Wildman–Crippen LogP) is 4.24. The van der Waals surface area contributed by atoms with Crippen molar-refractivity contribution in [2.45, 2.75) is 19.8 Å². The molecule has 0 saturated heterocycles. The number of furan rings is 1. The lowest BCUT2D eigenvalue weighted by Gasteiger charge is -2.08. The molecule has 7 nitrogen and oxygen atoms in total. The zero-order valence-electron chi connectivity index (χ0n) is 22.3. The number of hydrogen-bond donors (Lipinski definition) is 2. The minimum atomic E-state index is 0.567. The quantitative estimate of drug-likeness (QED) is 0.226. The Morgan fingerprint density at radius 2 is 1.17 bits per heavy atom. The van der Waals surface area contributed by atoms with Gasteiger partial charge in [-0.25, -0.2) is 0 Å². The minimum absolute atomic E-state index is 0.567. The summed E-state index contributed by atoms with van der Waals surface area (Å²) in [6, 6.07) is 18.2. The maximum atomic E-state index is 6.26. The predicted molar refractivity (Wildman–Crippen MR) is 152 cm³/mol. The van der Waals surface area contributed by atoms with Crippen LogP contribution in [-0.2, 0) is 0 Å². The summed E-state index contributed by atoms with van der Waals surface area (Å²) in [4.78, 5) is 13.3. The summed E-state index contributed by atoms with van der Waals surface area (Å²) in [5, 5.41) is 0. The maximum Gasteiger partial charge on any atom is 0.137 e. The van der Waals surface area contributed by atoms with Gasteiger partial charge >= 0.3 is 0 Å². The SMILES string of the molecule is Cc1cc(-c2ccc(C(N)=NCCCN(C)C)cc2)oc1-c1ccc(C(N)=NCCCN(C)C)cc1. The highest BCUT2D eigenvalue weighted by Crippen LogP contribution is 2.32. The van der Waals surface area contributed by atoms with Crippen LogP contribution >= 0.6 is 0 Å². The third-order valence-corrected chi connectivity index (χ3v) is 5.92. The standard InChI is InChI=1S/C29H40N6O/c1-21-20-26(22-8-12-24(13-9-22)28(30)32-16-6-18-34(2)3)36-27(21)23-10-14-25(15-11-23)29(31)33-17-7-19-35(4)5/h8-15,20H,6-7,16-19H2,1-5H3,(H2,30,32)(H2,31,33). The fourth-order valence-electron chi connectivity index (χ4n) is 3.86. The number of hydrogen-bond acceptors (Lipinski definition) is 5. The molecule has 0 aliphatic carbocycles. The van der Waals surface area contributed by atoms with Crippen LogP contribution in [0.15, 0.2) is 69.0 Å². The van der Waals surface area contributed by atoms with E-state index in [1.54, 1.807) is 0 Å². The van der Waals surface area contributed by atoms with Crippen LogP contribution in [0.3, 0.4) is 0 Å². The Hall–Kier alpha value is -3.42. The first-order valence-electron chi connectivity index (χ1n) is 12.5. The number of nitrogens with two attached hydrogens (primary N) is 2. The van der Waals surface area contributed by atoms with Gasteiger partial charge in [-0.2, -0.15) is 0 Å². The molecular weight excluding hydrogens is 448 g/mol. The number of aryl methyl sites for hydroxylation is 1. The summed E-state index contributed by atoms with van der Waals surface area (Å²) < 4.78 is 6.26. The van der Waals surface area contributed by atoms with Gasteiger partial charge in [0.2, 0.25) is 0 Å². The molecule has 3 aromatic rings. The van der Waals surface area contributed by atoms with Crippen molar-refractivity contribution in [3.05, 3.63) is 71.3 Å². The average Bonchev–Trinajstić information content (AvgIpc) is 3.25. The van der Waals surface area contributed by atoms with Crippen molar-refractivity contribution in [1.29, 1.82) is 0 Å². The molecule has 0 unspecified atom stereocenters. The number of amidine groups is 2. The number of rotatable bonds is 12. The van der Waals surface area contributed by atoms with Gasteiger partial charge in [-0.3, -0.25) is 9.98 Å². The van der Waals surface area contributed by atoms with E-state index in [1.165, 1.54) is 0 Å². The molecule has 7 heteroatoms. The molecule has 4 N–H and O–H groups in total. The second kappa shape index (κ2) is 13.0. The van der Waals surface area contributed by atoms with Gasteiger partial charge in [0.05, 0.1) is 0 Å². The van der Waals surface area contributed by atoms with Crippen LogP contribution in [0.1, 0.15) is 29.5 Å². The lowest BCUT2D eigenvalue weighted by atomic mass is 10.1. The molecule has 2 aromatic carbocycles. The molecule has 192 valence electrons. The average molecular weight is 489 g/mol. The first kappa shape index (κ1) is 27.2. The summed E-state index contributed by atoms with van der Waals surface area (Å²) in [6.07, 6.45) is 1.97. The van der Waals surface area contributed by atoms with E-state index in [4.69, 9.17) is 15.9 Å². The van der Waals surface area contributed by atoms with Crippen molar-refractivity contribution in [2.75, 3.05) is 54.4 Å². The molecule has 0 spiro atoms. The Morgan fingerprint density at radius 1 is 0.722 bits per heavy atom. The number of aliphatic imine (C=N–C) groups is 2. The summed E-state index contributed by atoms with van der Waals surface area (Å²) in [7, 11) is 8.23. The van der Waals surface area contributed by atoms with E-state index in [9.17, 15) is 0 Å². The molecule has 0 fully saturated rings. The van der Waals surface area contributed by atoms with Crippen molar-refractivity contribution in [3.8, 4) is 22.6 Å². The van der Waals surface area contributed by atoms with E-state index in [2.05, 4.69) is 61.0 Å². The Labute approximate surface area is 215 Å². The van der Waals surface area contributed by atoms with E-state index in [-0.39, 0.29) is 0 Å². The smallest absolute Gasteiger partial charge is 0.137 e. The topological polar surface area (TPSA) is 96.4 Å². The van der Waals surface area contributed by atoms with Crippen molar-refractivity contribution in [1.82, 2.24) is 9.80 Å². The molecular formula is C29H40N6O. The van der Waals surface area contributed by atoms with Gasteiger partial charge in [-0.05, 0) is 72.7 Å². The van der Waals surface area contributed by atoms with Gasteiger partial charge in [0.25, 0.3) is 0 Å². The van der Waals surface area contributed by atoms with E-state index >= 15 is 0 Å². The third-order valence-electron chi connectivity index (χ3n) is 5.92. The van der Waals surface area contributed by atoms with Gasteiger partial charge in [0, 0.05) is 35.3 Å². The Kier molecular flexibility index (Phi) is 9.85. The molecule has 1 heterocycles. The Morgan fingerprint density at radius 3 is 1.61 bits per heavy atom. The summed E-state index contributed by atoms with van der Waals surface area (Å²) in [5.74, 6) is 2.81. The first-order valence-corrected chi connectivity index (χ1v) is 12.5. The second-order valence-electron chi connectivity index (χ2n) is 9.63. The van der Waals surface area contributed by atoms with Crippen LogP contribution in [0.25, 0.3) is 22.6 Å². The fourth-order valence-corrected chi connectivity index (χ4v) is 3.86. The second-order valence-corrected chi connectivity index (χ2v) is 9.63. The molecule has 0 bridgehead atoms. The summed E-state index contributed by atoms with van der Waals surface area (Å²) in [5.41, 5.74) is 17.3. The number of benzene rings is 2. The summed E-state index contributed by atoms with van der Waals surface area (Å²) >= 11 is 0. The maximum absolute atomic E-state index is 6.26. The molecule has 0 radical (unpaired) electrons. The third kappa shape index (κ3) is 7.80. The lowest BCUT2D eigenvalue weighted by molar-refractivity contribution is 0.403. The largest absolute Gasteiger partial charge is 0.456 e. The minimum Gasteiger partial charge on any atom is -0.456 e. The van der Waals surface area contributed by atoms with E-state index in [1.807, 2.05) is 48.5 Å². The van der Waals surface area contributed by atoms with Crippen LogP contribution in [0.4, 0.5) is 0 Å². The van der Waals surface area contributed by atoms with Crippen LogP contribution in [0, 0.1) is 6.92 Å². The monoisotopic (exact) mass is 488 g/mol. The molecule has 3 rings (SSSR count). The fraction of sp³-hybridized carbons (Fsp3) is 0.379. The van der Waals surface area contributed by atoms with E-state index < -0.39 is 0 Å². The van der Waals surface area contributed by atoms with E-state index in [0.717, 1.165) is 78.4 Å². The van der Waals surface area contributed by atoms with Gasteiger partial charge in [0.1, 0.15) is 23.2 Å². The van der Waals surface area contributed by atoms with E-state index in [0.29, 0.717) is 11.7 Å². The van der Waals surface area contributed by atoms with Crippen LogP contribution < -0.4 is 11.5 Å². The van der Waals surface area contributed by atoms with Gasteiger partial charge in [0.15, 0.2) is 0 Å². The van der Waals surface area contributed by atoms with Crippen LogP contribution in [0.5, 0.6) is 0 Å². The van der Waals surface area contributed by atoms with Gasteiger partial charge < -0.3 is 25.7 Å². The van der Waals surface area contributed by atoms with Crippen molar-refractivity contribution < 1.29 is 4.42 Å². The summed E-state index contributed by atoms with van der Waals surface area (Å²) in [6.45, 7) is 5.50. The number of nitrogens with zero attached hydrogens (tertiary/aromatic N) is 4. The van der Waals surface area contributed by atoms with Crippen molar-refractivity contribution >= 4 is 11.7 Å². The van der Waals surface area contributed by atoms with Crippen molar-refractivity contribution in [3.63, 3.8) is 0 Å². The van der Waals surface area contributed by atoms with Crippen LogP contribution in [-0.4, -0.2) is 75.8 Å². The molecule has 0 saturated carbocycles. The molecule has 0 amide bonds. The highest BCUT2D eigenvalue weighted by Gasteiger charge is 2.12. The Balaban J connectivity index is 1.67. The zero-order chi connectivity index (χ0) is 26.1. The van der Waals surface area contributed by atoms with Gasteiger partial charge in [-0.1, -0.05) is 48.5 Å². The molecule has 36 heavy (non-hydrogen) atoms. The molecule has 1 aromatic heterocycles. The van der Waals surface area contributed by atoms with Crippen molar-refractivity contribution in [2.24, 2.45) is 21.5 Å². The van der Waals surface area contributed by atoms with Crippen LogP contribution in [0.2, 0.25) is 0 Å². The normalized spacial score (nSPS) is 12.6. The molecule has 0 aliphatic rings. The van der Waals surface area contributed by atoms with Gasteiger partial charge in [-0.15, -0.1) is 0 Å². The lowest BCUT2D eigenvalue weighted by Crippen LogP contribution is -2.16. The highest BCUT2D eigenvalue weighted by molar-refractivity contribution is 5.98. The Bertz CT molecular complexity index is 1160. The first-order chi connectivity index (χ1) is 17.2. The zero-order valence-corrected chi connectivity index (χ0v) is 22.3. The highest BCUT2D eigenvalue weighted by atomic mass is 16.3.